The lowest BCUT2D eigenvalue weighted by atomic mass is 9.98. The smallest absolute Gasteiger partial charge is 0.410 e. The number of rotatable bonds is 7. The summed E-state index contributed by atoms with van der Waals surface area (Å²) in [6, 6.07) is 8.16. The third-order valence-electron chi connectivity index (χ3n) is 3.86. The Morgan fingerprint density at radius 3 is 2.41 bits per heavy atom. The zero-order valence-electron chi connectivity index (χ0n) is 17.0. The lowest BCUT2D eigenvalue weighted by Gasteiger charge is -2.17. The summed E-state index contributed by atoms with van der Waals surface area (Å²) in [6.45, 7) is 6.71. The molecule has 0 aliphatic heterocycles. The van der Waals surface area contributed by atoms with Crippen molar-refractivity contribution >= 4 is 18.3 Å². The van der Waals surface area contributed by atoms with Crippen LogP contribution in [0.1, 0.15) is 47.3 Å². The highest BCUT2D eigenvalue weighted by Gasteiger charge is 2.22. The van der Waals surface area contributed by atoms with E-state index in [2.05, 4.69) is 10.3 Å². The van der Waals surface area contributed by atoms with Gasteiger partial charge in [-0.3, -0.25) is 4.79 Å². The standard InChI is InChI=1S/C21H24N2O6/c1-12(2)22-21(26)29-14(4)28-20(25)19-17(9-6-13(3)23-19)18-10-16(27-5)8-7-15(18)11-24/h6-12,14H,1-5H3,(H,22,26). The molecule has 0 bridgehead atoms. The quantitative estimate of drug-likeness (QED) is 0.431. The van der Waals surface area contributed by atoms with Crippen LogP contribution in [0.2, 0.25) is 0 Å². The van der Waals surface area contributed by atoms with Crippen LogP contribution in [-0.2, 0) is 9.47 Å². The molecule has 0 radical (unpaired) electrons. The summed E-state index contributed by atoms with van der Waals surface area (Å²) < 4.78 is 15.5. The second kappa shape index (κ2) is 9.68. The summed E-state index contributed by atoms with van der Waals surface area (Å²) >= 11 is 0. The second-order valence-corrected chi connectivity index (χ2v) is 6.60. The number of aryl methyl sites for hydroxylation is 1. The van der Waals surface area contributed by atoms with Gasteiger partial charge >= 0.3 is 12.1 Å². The van der Waals surface area contributed by atoms with Crippen LogP contribution >= 0.6 is 0 Å². The molecule has 0 aliphatic carbocycles. The minimum Gasteiger partial charge on any atom is -0.497 e. The van der Waals surface area contributed by atoms with Gasteiger partial charge in [0.25, 0.3) is 0 Å². The molecule has 154 valence electrons. The third kappa shape index (κ3) is 5.78. The van der Waals surface area contributed by atoms with E-state index in [0.29, 0.717) is 34.4 Å². The molecule has 0 fully saturated rings. The average Bonchev–Trinajstić information content (AvgIpc) is 2.66. The third-order valence-corrected chi connectivity index (χ3v) is 3.86. The van der Waals surface area contributed by atoms with Gasteiger partial charge < -0.3 is 19.5 Å². The number of nitrogens with zero attached hydrogens (tertiary/aromatic N) is 1. The van der Waals surface area contributed by atoms with E-state index in [4.69, 9.17) is 14.2 Å². The predicted octanol–water partition coefficient (Wildman–Crippen LogP) is 3.52. The van der Waals surface area contributed by atoms with Gasteiger partial charge in [-0.15, -0.1) is 0 Å². The van der Waals surface area contributed by atoms with Crippen molar-refractivity contribution in [3.8, 4) is 16.9 Å². The van der Waals surface area contributed by atoms with Crippen molar-refractivity contribution in [2.24, 2.45) is 0 Å². The van der Waals surface area contributed by atoms with E-state index < -0.39 is 18.4 Å². The van der Waals surface area contributed by atoms with Crippen molar-refractivity contribution in [2.45, 2.75) is 40.0 Å². The van der Waals surface area contributed by atoms with Crippen LogP contribution in [0.3, 0.4) is 0 Å². The molecule has 0 saturated carbocycles. The Morgan fingerprint density at radius 1 is 1.07 bits per heavy atom. The second-order valence-electron chi connectivity index (χ2n) is 6.60. The lowest BCUT2D eigenvalue weighted by Crippen LogP contribution is -2.34. The van der Waals surface area contributed by atoms with Crippen LogP contribution in [0.25, 0.3) is 11.1 Å². The fraction of sp³-hybridized carbons (Fsp3) is 0.333. The first kappa shape index (κ1) is 21.9. The number of hydrogen-bond acceptors (Lipinski definition) is 7. The van der Waals surface area contributed by atoms with Crippen molar-refractivity contribution in [2.75, 3.05) is 7.11 Å². The molecule has 0 aliphatic rings. The van der Waals surface area contributed by atoms with Crippen molar-refractivity contribution in [3.63, 3.8) is 0 Å². The molecule has 1 unspecified atom stereocenters. The first-order valence-electron chi connectivity index (χ1n) is 9.04. The summed E-state index contributed by atoms with van der Waals surface area (Å²) in [6.07, 6.45) is -1.15. The van der Waals surface area contributed by atoms with Crippen LogP contribution in [0.15, 0.2) is 30.3 Å². The maximum absolute atomic E-state index is 12.7. The Hall–Kier alpha value is -3.42. The fourth-order valence-electron chi connectivity index (χ4n) is 2.58. The van der Waals surface area contributed by atoms with Gasteiger partial charge in [0.2, 0.25) is 6.29 Å². The van der Waals surface area contributed by atoms with Crippen molar-refractivity contribution < 1.29 is 28.6 Å². The Kier molecular flexibility index (Phi) is 7.30. The number of carbonyl (C=O) groups excluding carboxylic acids is 3. The molecule has 29 heavy (non-hydrogen) atoms. The Bertz CT molecular complexity index is 910. The minimum atomic E-state index is -1.13. The number of pyridine rings is 1. The minimum absolute atomic E-state index is 0.000991. The summed E-state index contributed by atoms with van der Waals surface area (Å²) in [5.74, 6) is -0.263. The highest BCUT2D eigenvalue weighted by atomic mass is 16.7. The van der Waals surface area contributed by atoms with Crippen LogP contribution in [-0.4, -0.2) is 42.8 Å². The number of nitrogens with one attached hydrogen (secondary N) is 1. The number of benzene rings is 1. The maximum Gasteiger partial charge on any atom is 0.410 e. The zero-order chi connectivity index (χ0) is 21.6. The maximum atomic E-state index is 12.7. The number of ether oxygens (including phenoxy) is 3. The predicted molar refractivity (Wildman–Crippen MR) is 106 cm³/mol. The van der Waals surface area contributed by atoms with E-state index in [0.717, 1.165) is 0 Å². The topological polar surface area (TPSA) is 104 Å². The van der Waals surface area contributed by atoms with Gasteiger partial charge in [0.05, 0.1) is 7.11 Å². The fourth-order valence-corrected chi connectivity index (χ4v) is 2.58. The first-order valence-corrected chi connectivity index (χ1v) is 9.04. The molecule has 1 heterocycles. The van der Waals surface area contributed by atoms with Gasteiger partial charge in [0.15, 0.2) is 12.0 Å². The molecule has 8 nitrogen and oxygen atoms in total. The average molecular weight is 400 g/mol. The van der Waals surface area contributed by atoms with Crippen LogP contribution < -0.4 is 10.1 Å². The number of hydrogen-bond donors (Lipinski definition) is 1. The first-order chi connectivity index (χ1) is 13.7. The number of aldehydes is 1. The van der Waals surface area contributed by atoms with Crippen molar-refractivity contribution in [1.29, 1.82) is 0 Å². The van der Waals surface area contributed by atoms with Crippen LogP contribution in [0, 0.1) is 6.92 Å². The number of carbonyl (C=O) groups is 3. The molecule has 1 amide bonds. The highest BCUT2D eigenvalue weighted by molar-refractivity contribution is 5.99. The molecular formula is C21H24N2O6. The largest absolute Gasteiger partial charge is 0.497 e. The Labute approximate surface area is 169 Å². The van der Waals surface area contributed by atoms with Gasteiger partial charge in [0, 0.05) is 29.8 Å². The van der Waals surface area contributed by atoms with Crippen molar-refractivity contribution in [1.82, 2.24) is 10.3 Å². The molecule has 1 atom stereocenters. The summed E-state index contributed by atoms with van der Waals surface area (Å²) in [7, 11) is 1.50. The van der Waals surface area contributed by atoms with E-state index in [1.807, 2.05) is 0 Å². The molecule has 1 N–H and O–H groups in total. The SMILES string of the molecule is COc1ccc(C=O)c(-c2ccc(C)nc2C(=O)OC(C)OC(=O)NC(C)C)c1. The van der Waals surface area contributed by atoms with Gasteiger partial charge in [0.1, 0.15) is 5.75 Å². The number of methoxy groups -OCH3 is 1. The van der Waals surface area contributed by atoms with E-state index in [1.165, 1.54) is 14.0 Å². The van der Waals surface area contributed by atoms with Gasteiger partial charge in [-0.25, -0.2) is 14.6 Å². The van der Waals surface area contributed by atoms with E-state index in [9.17, 15) is 14.4 Å². The molecule has 2 aromatic rings. The monoisotopic (exact) mass is 400 g/mol. The van der Waals surface area contributed by atoms with Crippen LogP contribution in [0.4, 0.5) is 4.79 Å². The molecule has 1 aromatic carbocycles. The van der Waals surface area contributed by atoms with E-state index in [1.54, 1.807) is 51.1 Å². The van der Waals surface area contributed by atoms with Gasteiger partial charge in [-0.1, -0.05) is 6.07 Å². The van der Waals surface area contributed by atoms with Crippen LogP contribution in [0.5, 0.6) is 5.75 Å². The molecule has 8 heteroatoms. The van der Waals surface area contributed by atoms with E-state index >= 15 is 0 Å². The van der Waals surface area contributed by atoms with Crippen molar-refractivity contribution in [3.05, 3.63) is 47.3 Å². The zero-order valence-corrected chi connectivity index (χ0v) is 17.0. The van der Waals surface area contributed by atoms with E-state index in [-0.39, 0.29) is 11.7 Å². The lowest BCUT2D eigenvalue weighted by molar-refractivity contribution is -0.0607. The van der Waals surface area contributed by atoms with Gasteiger partial charge in [-0.05, 0) is 50.6 Å². The number of alkyl carbamates (subject to hydrolysis) is 1. The van der Waals surface area contributed by atoms with Gasteiger partial charge in [-0.2, -0.15) is 0 Å². The summed E-state index contributed by atoms with van der Waals surface area (Å²) in [4.78, 5) is 40.2. The number of amides is 1. The molecule has 0 spiro atoms. The molecule has 0 saturated heterocycles. The Balaban J connectivity index is 2.35. The molecular weight excluding hydrogens is 376 g/mol. The summed E-state index contributed by atoms with van der Waals surface area (Å²) in [5.41, 5.74) is 1.83. The normalized spacial score (nSPS) is 11.5. The number of esters is 1. The highest BCUT2D eigenvalue weighted by Crippen LogP contribution is 2.30. The molecule has 1 aromatic heterocycles. The number of aromatic nitrogens is 1. The molecule has 2 rings (SSSR count). The Morgan fingerprint density at radius 2 is 1.79 bits per heavy atom. The summed E-state index contributed by atoms with van der Waals surface area (Å²) in [5, 5.41) is 2.54.